The van der Waals surface area contributed by atoms with Gasteiger partial charge in [0.25, 0.3) is 5.69 Å². The van der Waals surface area contributed by atoms with Gasteiger partial charge in [-0.15, -0.1) is 0 Å². The molecule has 1 atom stereocenters. The van der Waals surface area contributed by atoms with Crippen LogP contribution in [-0.4, -0.2) is 57.8 Å². The van der Waals surface area contributed by atoms with Gasteiger partial charge in [-0.3, -0.25) is 14.9 Å². The van der Waals surface area contributed by atoms with Gasteiger partial charge in [-0.25, -0.2) is 9.18 Å². The summed E-state index contributed by atoms with van der Waals surface area (Å²) in [5.41, 5.74) is 1.93. The number of piperidine rings is 1. The van der Waals surface area contributed by atoms with Gasteiger partial charge in [-0.05, 0) is 42.0 Å². The highest BCUT2D eigenvalue weighted by Gasteiger charge is 2.43. The first-order valence-electron chi connectivity index (χ1n) is 11.2. The number of hydrogen-bond acceptors (Lipinski definition) is 6. The van der Waals surface area contributed by atoms with Crippen LogP contribution in [0.25, 0.3) is 0 Å². The molecule has 2 aromatic rings. The molecule has 2 N–H and O–H groups in total. The zero-order valence-corrected chi connectivity index (χ0v) is 19.4. The number of ether oxygens (including phenoxy) is 1. The number of aliphatic carboxylic acids is 2. The zero-order chi connectivity index (χ0) is 27.4. The summed E-state index contributed by atoms with van der Waals surface area (Å²) in [7, 11) is 0. The summed E-state index contributed by atoms with van der Waals surface area (Å²) in [6, 6.07) is 11.4. The number of rotatable bonds is 6. The van der Waals surface area contributed by atoms with Crippen molar-refractivity contribution in [2.75, 3.05) is 19.6 Å². The van der Waals surface area contributed by atoms with Gasteiger partial charge < -0.3 is 19.8 Å². The monoisotopic (exact) mass is 528 g/mol. The fourth-order valence-electron chi connectivity index (χ4n) is 4.53. The average molecular weight is 528 g/mol. The number of nitrogens with zero attached hydrogens (tertiary/aromatic N) is 2. The molecule has 2 heterocycles. The molecule has 9 nitrogen and oxygen atoms in total. The first-order valence-corrected chi connectivity index (χ1v) is 11.2. The fourth-order valence-corrected chi connectivity index (χ4v) is 4.53. The molecule has 37 heavy (non-hydrogen) atoms. The normalized spacial score (nSPS) is 17.4. The van der Waals surface area contributed by atoms with E-state index in [1.807, 2.05) is 12.1 Å². The van der Waals surface area contributed by atoms with E-state index in [-0.39, 0.29) is 29.8 Å². The van der Waals surface area contributed by atoms with Crippen molar-refractivity contribution in [2.24, 2.45) is 5.92 Å². The maximum absolute atomic E-state index is 14.1. The van der Waals surface area contributed by atoms with Crippen LogP contribution in [0.1, 0.15) is 29.5 Å². The second-order valence-electron chi connectivity index (χ2n) is 8.82. The Bertz CT molecular complexity index is 1160. The smallest absolute Gasteiger partial charge is 0.481 e. The molecule has 0 aliphatic carbocycles. The van der Waals surface area contributed by atoms with Gasteiger partial charge in [0, 0.05) is 31.8 Å². The van der Waals surface area contributed by atoms with E-state index < -0.39 is 34.8 Å². The number of carboxylic acids is 2. The average Bonchev–Trinajstić information content (AvgIpc) is 3.19. The molecule has 1 spiro atoms. The van der Waals surface area contributed by atoms with Crippen LogP contribution in [0.3, 0.4) is 0 Å². The van der Waals surface area contributed by atoms with Crippen LogP contribution in [0, 0.1) is 21.8 Å². The minimum atomic E-state index is -5.08. The summed E-state index contributed by atoms with van der Waals surface area (Å²) in [5.74, 6) is -5.27. The number of halogens is 4. The Kier molecular flexibility index (Phi) is 8.49. The van der Waals surface area contributed by atoms with Gasteiger partial charge in [-0.1, -0.05) is 24.3 Å². The van der Waals surface area contributed by atoms with Crippen LogP contribution in [0.5, 0.6) is 0 Å². The summed E-state index contributed by atoms with van der Waals surface area (Å²) in [6.45, 7) is 2.21. The first kappa shape index (κ1) is 28.0. The number of non-ortho nitro benzene ring substituents is 1. The largest absolute Gasteiger partial charge is 0.490 e. The molecular formula is C24H24F4N2O7. The van der Waals surface area contributed by atoms with Gasteiger partial charge in [-0.2, -0.15) is 13.2 Å². The number of benzene rings is 2. The lowest BCUT2D eigenvalue weighted by Gasteiger charge is -2.40. The van der Waals surface area contributed by atoms with Gasteiger partial charge in [0.2, 0.25) is 0 Å². The van der Waals surface area contributed by atoms with Crippen LogP contribution in [0.15, 0.2) is 42.5 Å². The highest BCUT2D eigenvalue weighted by molar-refractivity contribution is 5.73. The maximum Gasteiger partial charge on any atom is 0.490 e. The van der Waals surface area contributed by atoms with Crippen molar-refractivity contribution in [1.82, 2.24) is 4.90 Å². The molecule has 1 fully saturated rings. The van der Waals surface area contributed by atoms with E-state index in [9.17, 15) is 37.6 Å². The summed E-state index contributed by atoms with van der Waals surface area (Å²) in [5, 5.41) is 27.7. The molecule has 0 bridgehead atoms. The summed E-state index contributed by atoms with van der Waals surface area (Å²) in [4.78, 5) is 33.1. The van der Waals surface area contributed by atoms with Gasteiger partial charge >= 0.3 is 18.1 Å². The molecule has 2 aromatic carbocycles. The van der Waals surface area contributed by atoms with E-state index in [0.29, 0.717) is 19.7 Å². The Labute approximate surface area is 208 Å². The Morgan fingerprint density at radius 3 is 2.32 bits per heavy atom. The van der Waals surface area contributed by atoms with Crippen LogP contribution in [0.2, 0.25) is 0 Å². The van der Waals surface area contributed by atoms with Crippen LogP contribution >= 0.6 is 0 Å². The van der Waals surface area contributed by atoms with E-state index in [1.165, 1.54) is 11.1 Å². The highest BCUT2D eigenvalue weighted by Crippen LogP contribution is 2.44. The van der Waals surface area contributed by atoms with E-state index >= 15 is 0 Å². The van der Waals surface area contributed by atoms with Gasteiger partial charge in [0.05, 0.1) is 23.0 Å². The number of nitro benzene ring substituents is 1. The molecule has 0 saturated carbocycles. The molecule has 0 aromatic heterocycles. The van der Waals surface area contributed by atoms with E-state index in [4.69, 9.17) is 14.6 Å². The Hall–Kier alpha value is -3.58. The highest BCUT2D eigenvalue weighted by atomic mass is 19.4. The van der Waals surface area contributed by atoms with Crippen molar-refractivity contribution in [3.63, 3.8) is 0 Å². The molecule has 4 rings (SSSR count). The summed E-state index contributed by atoms with van der Waals surface area (Å²) >= 11 is 0. The summed E-state index contributed by atoms with van der Waals surface area (Å²) < 4.78 is 52.0. The van der Waals surface area contributed by atoms with Crippen molar-refractivity contribution in [1.29, 1.82) is 0 Å². The molecule has 0 radical (unpaired) electrons. The van der Waals surface area contributed by atoms with Crippen molar-refractivity contribution >= 4 is 17.6 Å². The summed E-state index contributed by atoms with van der Waals surface area (Å²) in [6.07, 6.45) is -3.65. The molecule has 2 aliphatic heterocycles. The Morgan fingerprint density at radius 2 is 1.76 bits per heavy atom. The van der Waals surface area contributed by atoms with Crippen molar-refractivity contribution in [3.05, 3.63) is 75.1 Å². The number of carbonyl (C=O) groups is 2. The SMILES string of the molecule is O=C(O)C(Cc1cc([N+](=O)[O-])ccc1F)CN1CCC2(CC1)OCc1ccccc12.O=C(O)C(F)(F)F. The second-order valence-corrected chi connectivity index (χ2v) is 8.82. The topological polar surface area (TPSA) is 130 Å². The van der Waals surface area contributed by atoms with E-state index in [0.717, 1.165) is 31.0 Å². The predicted octanol–water partition coefficient (Wildman–Crippen LogP) is 4.13. The zero-order valence-electron chi connectivity index (χ0n) is 19.4. The van der Waals surface area contributed by atoms with Crippen molar-refractivity contribution in [3.8, 4) is 0 Å². The second kappa shape index (κ2) is 11.2. The Morgan fingerprint density at radius 1 is 1.14 bits per heavy atom. The molecule has 200 valence electrons. The molecule has 0 amide bonds. The standard InChI is InChI=1S/C22H23FN2O5.C2HF3O2/c23-20-6-5-18(25(28)29)12-16(20)11-17(21(26)27)13-24-9-7-22(8-10-24)19-4-2-1-3-15(19)14-30-22;3-2(4,5)1(6)7/h1-6,12,17H,7-11,13-14H2,(H,26,27);(H,6,7). The molecule has 13 heteroatoms. The Balaban J connectivity index is 0.000000479. The lowest BCUT2D eigenvalue weighted by atomic mass is 9.83. The minimum Gasteiger partial charge on any atom is -0.481 e. The molecule has 2 aliphatic rings. The van der Waals surface area contributed by atoms with Gasteiger partial charge in [0.15, 0.2) is 0 Å². The minimum absolute atomic E-state index is 0.0538. The first-order chi connectivity index (χ1) is 17.3. The van der Waals surface area contributed by atoms with Crippen molar-refractivity contribution < 1.29 is 47.0 Å². The lowest BCUT2D eigenvalue weighted by Crippen LogP contribution is -2.45. The van der Waals surface area contributed by atoms with Crippen molar-refractivity contribution in [2.45, 2.75) is 37.6 Å². The quantitative estimate of drug-likeness (QED) is 0.325. The van der Waals surface area contributed by atoms with Crippen LogP contribution in [0.4, 0.5) is 23.2 Å². The number of likely N-dealkylation sites (tertiary alicyclic amines) is 1. The third-order valence-corrected chi connectivity index (χ3v) is 6.45. The number of alkyl halides is 3. The lowest BCUT2D eigenvalue weighted by molar-refractivity contribution is -0.385. The number of hydrogen-bond donors (Lipinski definition) is 2. The van der Waals surface area contributed by atoms with Crippen LogP contribution < -0.4 is 0 Å². The van der Waals surface area contributed by atoms with Gasteiger partial charge in [0.1, 0.15) is 5.82 Å². The number of fused-ring (bicyclic) bond motifs is 2. The third kappa shape index (κ3) is 6.80. The fraction of sp³-hybridized carbons (Fsp3) is 0.417. The van der Waals surface area contributed by atoms with E-state index in [2.05, 4.69) is 17.0 Å². The molecule has 1 saturated heterocycles. The van der Waals surface area contributed by atoms with E-state index in [1.54, 1.807) is 0 Å². The predicted molar refractivity (Wildman–Crippen MR) is 120 cm³/mol. The molecule has 1 unspecified atom stereocenters. The third-order valence-electron chi connectivity index (χ3n) is 6.45. The number of nitro groups is 1. The van der Waals surface area contributed by atoms with Crippen LogP contribution in [-0.2, 0) is 33.0 Å². The maximum atomic E-state index is 14.1. The number of carboxylic acid groups (broad SMARTS) is 2. The molecular weight excluding hydrogens is 504 g/mol.